The number of nitrogens with zero attached hydrogens (tertiary/aromatic N) is 4. The van der Waals surface area contributed by atoms with Gasteiger partial charge in [-0.3, -0.25) is 0 Å². The molecule has 0 saturated carbocycles. The van der Waals surface area contributed by atoms with Gasteiger partial charge in [0.25, 0.3) is 0 Å². The summed E-state index contributed by atoms with van der Waals surface area (Å²) in [6.07, 6.45) is 1.02. The number of aromatic nitrogens is 3. The fourth-order valence-corrected chi connectivity index (χ4v) is 1.06. The lowest BCUT2D eigenvalue weighted by Crippen LogP contribution is -2.21. The Bertz CT molecular complexity index is 304. The van der Waals surface area contributed by atoms with Gasteiger partial charge in [-0.1, -0.05) is 6.92 Å². The molecule has 0 spiro atoms. The summed E-state index contributed by atoms with van der Waals surface area (Å²) in [4.78, 5) is 13.8. The molecule has 0 aliphatic rings. The number of nitrogen functional groups attached to an aromatic ring is 1. The Labute approximate surface area is 83.1 Å². The standard InChI is InChI=1S/C8H15N5O/c1-4-5-13(2)7-10-6(9)11-8(12-7)14-3/h4-5H2,1-3H3,(H2,9,10,11,12). The molecule has 0 aromatic carbocycles. The van der Waals surface area contributed by atoms with Gasteiger partial charge in [0.05, 0.1) is 7.11 Å². The summed E-state index contributed by atoms with van der Waals surface area (Å²) in [5.74, 6) is 0.714. The number of hydrogen-bond donors (Lipinski definition) is 1. The molecule has 14 heavy (non-hydrogen) atoms. The highest BCUT2D eigenvalue weighted by atomic mass is 16.5. The van der Waals surface area contributed by atoms with Crippen LogP contribution in [0.4, 0.5) is 11.9 Å². The maximum Gasteiger partial charge on any atom is 0.322 e. The second-order valence-corrected chi connectivity index (χ2v) is 2.90. The van der Waals surface area contributed by atoms with Crippen molar-refractivity contribution in [1.29, 1.82) is 0 Å². The first-order valence-corrected chi connectivity index (χ1v) is 4.44. The van der Waals surface area contributed by atoms with E-state index >= 15 is 0 Å². The van der Waals surface area contributed by atoms with E-state index in [1.54, 1.807) is 0 Å². The van der Waals surface area contributed by atoms with E-state index in [0.717, 1.165) is 13.0 Å². The minimum absolute atomic E-state index is 0.176. The molecule has 2 N–H and O–H groups in total. The zero-order valence-corrected chi connectivity index (χ0v) is 8.69. The molecular weight excluding hydrogens is 182 g/mol. The van der Waals surface area contributed by atoms with Gasteiger partial charge in [0.15, 0.2) is 0 Å². The van der Waals surface area contributed by atoms with Gasteiger partial charge >= 0.3 is 6.01 Å². The summed E-state index contributed by atoms with van der Waals surface area (Å²) in [5.41, 5.74) is 5.50. The lowest BCUT2D eigenvalue weighted by molar-refractivity contribution is 0.379. The Hall–Kier alpha value is -1.59. The molecule has 6 nitrogen and oxygen atoms in total. The van der Waals surface area contributed by atoms with Crippen LogP contribution in [0.3, 0.4) is 0 Å². The topological polar surface area (TPSA) is 77.2 Å². The van der Waals surface area contributed by atoms with E-state index in [0.29, 0.717) is 5.95 Å². The van der Waals surface area contributed by atoms with Gasteiger partial charge in [0.1, 0.15) is 0 Å². The number of anilines is 2. The second-order valence-electron chi connectivity index (χ2n) is 2.90. The molecule has 0 bridgehead atoms. The van der Waals surface area contributed by atoms with Crippen LogP contribution < -0.4 is 15.4 Å². The SMILES string of the molecule is CCCN(C)c1nc(N)nc(OC)n1. The van der Waals surface area contributed by atoms with Gasteiger partial charge in [0, 0.05) is 13.6 Å². The number of rotatable bonds is 4. The molecule has 0 aliphatic carbocycles. The lowest BCUT2D eigenvalue weighted by atomic mass is 10.4. The number of hydrogen-bond acceptors (Lipinski definition) is 6. The van der Waals surface area contributed by atoms with Crippen molar-refractivity contribution in [3.05, 3.63) is 0 Å². The Kier molecular flexibility index (Phi) is 3.44. The Morgan fingerprint density at radius 2 is 2.07 bits per heavy atom. The molecule has 1 aromatic rings. The minimum Gasteiger partial charge on any atom is -0.467 e. The zero-order valence-electron chi connectivity index (χ0n) is 8.69. The van der Waals surface area contributed by atoms with Crippen molar-refractivity contribution in [1.82, 2.24) is 15.0 Å². The predicted octanol–water partition coefficient (Wildman–Crippen LogP) is 0.309. The highest BCUT2D eigenvalue weighted by molar-refractivity contribution is 5.34. The van der Waals surface area contributed by atoms with Gasteiger partial charge in [0.2, 0.25) is 11.9 Å². The molecule has 0 amide bonds. The average molecular weight is 197 g/mol. The van der Waals surface area contributed by atoms with Crippen molar-refractivity contribution in [3.8, 4) is 6.01 Å². The summed E-state index contributed by atoms with van der Waals surface area (Å²) >= 11 is 0. The molecule has 0 unspecified atom stereocenters. The van der Waals surface area contributed by atoms with E-state index in [9.17, 15) is 0 Å². The first-order chi connectivity index (χ1) is 6.67. The van der Waals surface area contributed by atoms with Crippen LogP contribution >= 0.6 is 0 Å². The Morgan fingerprint density at radius 3 is 2.64 bits per heavy atom. The summed E-state index contributed by atoms with van der Waals surface area (Å²) in [6.45, 7) is 2.95. The average Bonchev–Trinajstić information content (AvgIpc) is 2.17. The molecule has 1 aromatic heterocycles. The van der Waals surface area contributed by atoms with Crippen LogP contribution in [0.2, 0.25) is 0 Å². The van der Waals surface area contributed by atoms with Crippen molar-refractivity contribution in [3.63, 3.8) is 0 Å². The molecule has 1 heterocycles. The van der Waals surface area contributed by atoms with E-state index < -0.39 is 0 Å². The van der Waals surface area contributed by atoms with E-state index in [2.05, 4.69) is 21.9 Å². The number of methoxy groups -OCH3 is 1. The maximum absolute atomic E-state index is 5.50. The first-order valence-electron chi connectivity index (χ1n) is 4.44. The van der Waals surface area contributed by atoms with E-state index in [1.807, 2.05) is 11.9 Å². The summed E-state index contributed by atoms with van der Waals surface area (Å²) < 4.78 is 4.90. The van der Waals surface area contributed by atoms with Crippen LogP contribution in [-0.4, -0.2) is 35.7 Å². The normalized spacial score (nSPS) is 9.93. The molecule has 0 aliphatic heterocycles. The molecular formula is C8H15N5O. The van der Waals surface area contributed by atoms with Crippen LogP contribution in [0.15, 0.2) is 0 Å². The highest BCUT2D eigenvalue weighted by Crippen LogP contribution is 2.11. The highest BCUT2D eigenvalue weighted by Gasteiger charge is 2.07. The van der Waals surface area contributed by atoms with Crippen LogP contribution in [0.1, 0.15) is 13.3 Å². The van der Waals surface area contributed by atoms with E-state index in [-0.39, 0.29) is 12.0 Å². The first kappa shape index (κ1) is 10.5. The third-order valence-corrected chi connectivity index (χ3v) is 1.70. The van der Waals surface area contributed by atoms with Gasteiger partial charge in [-0.05, 0) is 6.42 Å². The maximum atomic E-state index is 5.50. The van der Waals surface area contributed by atoms with E-state index in [4.69, 9.17) is 10.5 Å². The summed E-state index contributed by atoms with van der Waals surface area (Å²) in [6, 6.07) is 0.246. The van der Waals surface area contributed by atoms with E-state index in [1.165, 1.54) is 7.11 Å². The Morgan fingerprint density at radius 1 is 1.36 bits per heavy atom. The van der Waals surface area contributed by atoms with Gasteiger partial charge in [-0.25, -0.2) is 0 Å². The lowest BCUT2D eigenvalue weighted by Gasteiger charge is -2.15. The zero-order chi connectivity index (χ0) is 10.6. The van der Waals surface area contributed by atoms with Crippen LogP contribution in [0.25, 0.3) is 0 Å². The van der Waals surface area contributed by atoms with Crippen molar-refractivity contribution >= 4 is 11.9 Å². The monoisotopic (exact) mass is 197 g/mol. The van der Waals surface area contributed by atoms with Crippen LogP contribution in [-0.2, 0) is 0 Å². The molecule has 0 fully saturated rings. The van der Waals surface area contributed by atoms with Gasteiger partial charge < -0.3 is 15.4 Å². The molecule has 0 saturated heterocycles. The van der Waals surface area contributed by atoms with Gasteiger partial charge in [-0.15, -0.1) is 0 Å². The van der Waals surface area contributed by atoms with Crippen LogP contribution in [0.5, 0.6) is 6.01 Å². The van der Waals surface area contributed by atoms with Crippen molar-refractivity contribution < 1.29 is 4.74 Å². The third-order valence-electron chi connectivity index (χ3n) is 1.70. The van der Waals surface area contributed by atoms with Gasteiger partial charge in [-0.2, -0.15) is 15.0 Å². The molecule has 1 rings (SSSR count). The molecule has 78 valence electrons. The molecule has 0 atom stereocenters. The third kappa shape index (κ3) is 2.45. The van der Waals surface area contributed by atoms with Crippen molar-refractivity contribution in [2.24, 2.45) is 0 Å². The van der Waals surface area contributed by atoms with Crippen LogP contribution in [0, 0.1) is 0 Å². The summed E-state index contributed by atoms with van der Waals surface area (Å²) in [7, 11) is 3.40. The predicted molar refractivity (Wildman–Crippen MR) is 54.4 cm³/mol. The Balaban J connectivity index is 2.90. The molecule has 0 radical (unpaired) electrons. The number of ether oxygens (including phenoxy) is 1. The molecule has 6 heteroatoms. The smallest absolute Gasteiger partial charge is 0.322 e. The summed E-state index contributed by atoms with van der Waals surface area (Å²) in [5, 5.41) is 0. The van der Waals surface area contributed by atoms with Crippen molar-refractivity contribution in [2.75, 3.05) is 31.3 Å². The minimum atomic E-state index is 0.176. The fourth-order valence-electron chi connectivity index (χ4n) is 1.06. The largest absolute Gasteiger partial charge is 0.467 e. The quantitative estimate of drug-likeness (QED) is 0.748. The number of nitrogens with two attached hydrogens (primary N) is 1. The second kappa shape index (κ2) is 4.59. The van der Waals surface area contributed by atoms with Crippen molar-refractivity contribution in [2.45, 2.75) is 13.3 Å². The fraction of sp³-hybridized carbons (Fsp3) is 0.625.